The highest BCUT2D eigenvalue weighted by molar-refractivity contribution is 8.13. The molecule has 0 bridgehead atoms. The lowest BCUT2D eigenvalue weighted by atomic mass is 9.91. The molecule has 17 heavy (non-hydrogen) atoms. The van der Waals surface area contributed by atoms with Crippen LogP contribution in [0.4, 0.5) is 4.79 Å². The van der Waals surface area contributed by atoms with Crippen molar-refractivity contribution in [2.45, 2.75) is 47.1 Å². The standard InChI is InChI=1S/C12H23NO3S/c1-6-17-10(14)12(4,5)7-8-13-11(15)16-9(2)3/h9H,6-8H2,1-5H3,(H,13,15). The molecule has 0 aliphatic rings. The number of hydrogen-bond donors (Lipinski definition) is 1. The summed E-state index contributed by atoms with van der Waals surface area (Å²) < 4.78 is 4.93. The molecule has 0 unspecified atom stereocenters. The number of carbonyl (C=O) groups excluding carboxylic acids is 2. The minimum Gasteiger partial charge on any atom is -0.447 e. The number of rotatable bonds is 6. The minimum atomic E-state index is -0.425. The van der Waals surface area contributed by atoms with Gasteiger partial charge in [-0.25, -0.2) is 4.79 Å². The van der Waals surface area contributed by atoms with Crippen molar-refractivity contribution in [2.24, 2.45) is 5.41 Å². The fourth-order valence-corrected chi connectivity index (χ4v) is 1.92. The van der Waals surface area contributed by atoms with Crippen LogP contribution in [0.5, 0.6) is 0 Å². The van der Waals surface area contributed by atoms with Gasteiger partial charge in [0.1, 0.15) is 0 Å². The van der Waals surface area contributed by atoms with E-state index in [9.17, 15) is 9.59 Å². The number of ether oxygens (including phenoxy) is 1. The highest BCUT2D eigenvalue weighted by Crippen LogP contribution is 2.27. The molecule has 0 aromatic heterocycles. The van der Waals surface area contributed by atoms with Crippen LogP contribution in [0.1, 0.15) is 41.0 Å². The molecule has 100 valence electrons. The van der Waals surface area contributed by atoms with E-state index in [-0.39, 0.29) is 11.2 Å². The van der Waals surface area contributed by atoms with E-state index in [4.69, 9.17) is 4.74 Å². The summed E-state index contributed by atoms with van der Waals surface area (Å²) in [5.74, 6) is 0.783. The second-order valence-electron chi connectivity index (χ2n) is 4.74. The third-order valence-electron chi connectivity index (χ3n) is 2.19. The minimum absolute atomic E-state index is 0.125. The Labute approximate surface area is 108 Å². The van der Waals surface area contributed by atoms with Gasteiger partial charge in [-0.3, -0.25) is 4.79 Å². The first-order valence-electron chi connectivity index (χ1n) is 5.91. The highest BCUT2D eigenvalue weighted by Gasteiger charge is 2.27. The fourth-order valence-electron chi connectivity index (χ4n) is 1.16. The molecule has 5 heteroatoms. The Morgan fingerprint density at radius 2 is 1.94 bits per heavy atom. The maximum absolute atomic E-state index is 11.7. The van der Waals surface area contributed by atoms with Gasteiger partial charge in [-0.1, -0.05) is 32.5 Å². The zero-order valence-electron chi connectivity index (χ0n) is 11.3. The number of hydrogen-bond acceptors (Lipinski definition) is 4. The molecule has 0 spiro atoms. The van der Waals surface area contributed by atoms with E-state index in [2.05, 4.69) is 5.32 Å². The van der Waals surface area contributed by atoms with Gasteiger partial charge in [-0.2, -0.15) is 0 Å². The maximum atomic E-state index is 11.7. The van der Waals surface area contributed by atoms with E-state index in [0.29, 0.717) is 13.0 Å². The number of nitrogens with one attached hydrogen (secondary N) is 1. The van der Waals surface area contributed by atoms with Gasteiger partial charge in [0, 0.05) is 12.0 Å². The third-order valence-corrected chi connectivity index (χ3v) is 3.29. The maximum Gasteiger partial charge on any atom is 0.407 e. The van der Waals surface area contributed by atoms with Gasteiger partial charge in [0.15, 0.2) is 5.12 Å². The highest BCUT2D eigenvalue weighted by atomic mass is 32.2. The van der Waals surface area contributed by atoms with Crippen LogP contribution < -0.4 is 5.32 Å². The number of thioether (sulfide) groups is 1. The molecule has 0 radical (unpaired) electrons. The van der Waals surface area contributed by atoms with Gasteiger partial charge >= 0.3 is 6.09 Å². The monoisotopic (exact) mass is 261 g/mol. The van der Waals surface area contributed by atoms with Crippen LogP contribution in [0.15, 0.2) is 0 Å². The van der Waals surface area contributed by atoms with Crippen molar-refractivity contribution < 1.29 is 14.3 Å². The molecule has 0 saturated carbocycles. The van der Waals surface area contributed by atoms with Crippen LogP contribution >= 0.6 is 11.8 Å². The molecule has 0 aliphatic carbocycles. The molecular formula is C12H23NO3S. The molecule has 0 fully saturated rings. The number of alkyl carbamates (subject to hydrolysis) is 1. The van der Waals surface area contributed by atoms with E-state index >= 15 is 0 Å². The van der Waals surface area contributed by atoms with E-state index in [1.54, 1.807) is 13.8 Å². The van der Waals surface area contributed by atoms with Crippen LogP contribution in [0.3, 0.4) is 0 Å². The molecule has 0 rings (SSSR count). The predicted molar refractivity (Wildman–Crippen MR) is 71.2 cm³/mol. The Morgan fingerprint density at radius 3 is 2.41 bits per heavy atom. The van der Waals surface area contributed by atoms with E-state index < -0.39 is 11.5 Å². The van der Waals surface area contributed by atoms with Gasteiger partial charge in [-0.15, -0.1) is 0 Å². The van der Waals surface area contributed by atoms with Crippen LogP contribution in [0.2, 0.25) is 0 Å². The second-order valence-corrected chi connectivity index (χ2v) is 5.97. The molecule has 0 aromatic carbocycles. The molecule has 4 nitrogen and oxygen atoms in total. The summed E-state index contributed by atoms with van der Waals surface area (Å²) in [5, 5.41) is 2.81. The first-order valence-corrected chi connectivity index (χ1v) is 6.90. The van der Waals surface area contributed by atoms with E-state index in [0.717, 1.165) is 5.75 Å². The van der Waals surface area contributed by atoms with Crippen LogP contribution in [-0.4, -0.2) is 29.6 Å². The third kappa shape index (κ3) is 7.26. The Morgan fingerprint density at radius 1 is 1.35 bits per heavy atom. The van der Waals surface area contributed by atoms with Crippen molar-refractivity contribution in [3.05, 3.63) is 0 Å². The molecular weight excluding hydrogens is 238 g/mol. The second kappa shape index (κ2) is 7.58. The molecule has 1 N–H and O–H groups in total. The quantitative estimate of drug-likeness (QED) is 0.799. The summed E-state index contributed by atoms with van der Waals surface area (Å²) >= 11 is 1.32. The van der Waals surface area contributed by atoms with Crippen molar-refractivity contribution in [3.63, 3.8) is 0 Å². The lowest BCUT2D eigenvalue weighted by Gasteiger charge is -2.22. The SMILES string of the molecule is CCSC(=O)C(C)(C)CCNC(=O)OC(C)C. The molecule has 0 aliphatic heterocycles. The molecule has 0 saturated heterocycles. The first kappa shape index (κ1) is 16.3. The molecule has 0 aromatic rings. The lowest BCUT2D eigenvalue weighted by Crippen LogP contribution is -2.32. The van der Waals surface area contributed by atoms with Crippen LogP contribution in [0, 0.1) is 5.41 Å². The topological polar surface area (TPSA) is 55.4 Å². The Hall–Kier alpha value is -0.710. The van der Waals surface area contributed by atoms with Gasteiger partial charge in [0.25, 0.3) is 0 Å². The van der Waals surface area contributed by atoms with Crippen molar-refractivity contribution in [3.8, 4) is 0 Å². The molecule has 0 atom stereocenters. The Balaban J connectivity index is 3.94. The van der Waals surface area contributed by atoms with E-state index in [1.807, 2.05) is 20.8 Å². The van der Waals surface area contributed by atoms with Gasteiger partial charge in [-0.05, 0) is 26.0 Å². The van der Waals surface area contributed by atoms with Crippen molar-refractivity contribution in [1.82, 2.24) is 5.32 Å². The van der Waals surface area contributed by atoms with Crippen molar-refractivity contribution in [2.75, 3.05) is 12.3 Å². The normalized spacial score (nSPS) is 11.4. The first-order chi connectivity index (χ1) is 7.79. The number of carbonyl (C=O) groups is 2. The fraction of sp³-hybridized carbons (Fsp3) is 0.833. The summed E-state index contributed by atoms with van der Waals surface area (Å²) in [5.41, 5.74) is -0.411. The lowest BCUT2D eigenvalue weighted by molar-refractivity contribution is -0.118. The van der Waals surface area contributed by atoms with Gasteiger partial charge in [0.2, 0.25) is 0 Å². The van der Waals surface area contributed by atoms with Crippen LogP contribution in [-0.2, 0) is 9.53 Å². The largest absolute Gasteiger partial charge is 0.447 e. The Kier molecular flexibility index (Phi) is 7.27. The zero-order chi connectivity index (χ0) is 13.5. The van der Waals surface area contributed by atoms with E-state index in [1.165, 1.54) is 11.8 Å². The summed E-state index contributed by atoms with van der Waals surface area (Å²) in [4.78, 5) is 22.9. The Bertz CT molecular complexity index is 264. The van der Waals surface area contributed by atoms with Crippen LogP contribution in [0.25, 0.3) is 0 Å². The summed E-state index contributed by atoms with van der Waals surface area (Å²) in [6.45, 7) is 9.79. The van der Waals surface area contributed by atoms with Gasteiger partial charge in [0.05, 0.1) is 6.10 Å². The smallest absolute Gasteiger partial charge is 0.407 e. The number of amides is 1. The summed E-state index contributed by atoms with van der Waals surface area (Å²) in [6, 6.07) is 0. The van der Waals surface area contributed by atoms with Gasteiger partial charge < -0.3 is 10.1 Å². The van der Waals surface area contributed by atoms with Crippen molar-refractivity contribution >= 4 is 23.0 Å². The summed E-state index contributed by atoms with van der Waals surface area (Å²) in [7, 11) is 0. The molecule has 0 heterocycles. The average Bonchev–Trinajstić information content (AvgIpc) is 2.16. The average molecular weight is 261 g/mol. The van der Waals surface area contributed by atoms with Crippen molar-refractivity contribution in [1.29, 1.82) is 0 Å². The summed E-state index contributed by atoms with van der Waals surface area (Å²) in [6.07, 6.45) is 0.0677. The predicted octanol–water partition coefficient (Wildman–Crippen LogP) is 2.82. The zero-order valence-corrected chi connectivity index (χ0v) is 12.1. The molecule has 1 amide bonds.